The van der Waals surface area contributed by atoms with Gasteiger partial charge in [0.05, 0.1) is 0 Å². The van der Waals surface area contributed by atoms with Crippen molar-refractivity contribution < 1.29 is 14.7 Å². The number of nitrogens with zero attached hydrogens (tertiary/aromatic N) is 2. The Morgan fingerprint density at radius 2 is 1.88 bits per heavy atom. The highest BCUT2D eigenvalue weighted by Gasteiger charge is 2.09. The maximum Gasteiger partial charge on any atom is 0.356 e. The number of aromatic carboxylic acids is 1. The minimum absolute atomic E-state index is 0.127. The fraction of sp³-hybridized carbons (Fsp3) is 0. The van der Waals surface area contributed by atoms with Gasteiger partial charge in [-0.15, -0.1) is 5.10 Å². The van der Waals surface area contributed by atoms with Gasteiger partial charge < -0.3 is 5.11 Å². The Kier molecular flexibility index (Phi) is 2.87. The third-order valence-corrected chi connectivity index (χ3v) is 2.06. The maximum atomic E-state index is 11.7. The predicted octanol–water partition coefficient (Wildman–Crippen LogP) is 0.965. The van der Waals surface area contributed by atoms with Crippen LogP contribution in [0.5, 0.6) is 0 Å². The van der Waals surface area contributed by atoms with Crippen molar-refractivity contribution in [2.45, 2.75) is 0 Å². The van der Waals surface area contributed by atoms with Crippen LogP contribution in [-0.2, 0) is 0 Å². The Bertz CT molecular complexity index is 548. The molecule has 2 aromatic rings. The van der Waals surface area contributed by atoms with Crippen molar-refractivity contribution in [1.82, 2.24) is 9.89 Å². The summed E-state index contributed by atoms with van der Waals surface area (Å²) >= 11 is 0. The van der Waals surface area contributed by atoms with Gasteiger partial charge in [0.2, 0.25) is 0 Å². The predicted molar refractivity (Wildman–Crippen MR) is 59.3 cm³/mol. The number of carbonyl (C=O) groups excluding carboxylic acids is 1. The molecule has 0 spiro atoms. The number of benzene rings is 1. The second kappa shape index (κ2) is 4.48. The van der Waals surface area contributed by atoms with Crippen molar-refractivity contribution in [1.29, 1.82) is 0 Å². The molecule has 1 aromatic carbocycles. The van der Waals surface area contributed by atoms with E-state index in [0.717, 1.165) is 4.79 Å². The fourth-order valence-corrected chi connectivity index (χ4v) is 1.26. The molecule has 1 amide bonds. The summed E-state index contributed by atoms with van der Waals surface area (Å²) < 4.78 is 0. The van der Waals surface area contributed by atoms with Crippen LogP contribution in [0.2, 0.25) is 0 Å². The third kappa shape index (κ3) is 2.49. The Hall–Kier alpha value is -2.63. The first-order chi connectivity index (χ1) is 8.16. The molecule has 0 aliphatic rings. The van der Waals surface area contributed by atoms with Gasteiger partial charge in [0.25, 0.3) is 5.91 Å². The first-order valence-electron chi connectivity index (χ1n) is 4.82. The summed E-state index contributed by atoms with van der Waals surface area (Å²) in [6.45, 7) is 0. The minimum atomic E-state index is -1.14. The molecule has 0 fully saturated rings. The molecule has 0 saturated heterocycles. The van der Waals surface area contributed by atoms with Crippen molar-refractivity contribution in [2.24, 2.45) is 0 Å². The van der Waals surface area contributed by atoms with Crippen LogP contribution in [0, 0.1) is 0 Å². The second-order valence-corrected chi connectivity index (χ2v) is 3.26. The minimum Gasteiger partial charge on any atom is -0.476 e. The van der Waals surface area contributed by atoms with Crippen molar-refractivity contribution in [3.8, 4) is 0 Å². The highest BCUT2D eigenvalue weighted by Crippen LogP contribution is 1.99. The Morgan fingerprint density at radius 1 is 1.18 bits per heavy atom. The summed E-state index contributed by atoms with van der Waals surface area (Å²) in [4.78, 5) is 23.3. The Labute approximate surface area is 96.5 Å². The fourth-order valence-electron chi connectivity index (χ4n) is 1.26. The average molecular weight is 231 g/mol. The highest BCUT2D eigenvalue weighted by atomic mass is 16.4. The van der Waals surface area contributed by atoms with Crippen LogP contribution in [-0.4, -0.2) is 26.9 Å². The summed E-state index contributed by atoms with van der Waals surface area (Å²) in [6, 6.07) is 9.87. The Balaban J connectivity index is 2.11. The zero-order valence-electron chi connectivity index (χ0n) is 8.70. The van der Waals surface area contributed by atoms with E-state index in [1.807, 2.05) is 0 Å². The number of carbonyl (C=O) groups is 2. The van der Waals surface area contributed by atoms with E-state index in [9.17, 15) is 9.59 Å². The number of aromatic nitrogens is 2. The number of rotatable bonds is 3. The molecule has 0 unspecified atom stereocenters. The second-order valence-electron chi connectivity index (χ2n) is 3.26. The average Bonchev–Trinajstić information content (AvgIpc) is 2.79. The first kappa shape index (κ1) is 10.9. The summed E-state index contributed by atoms with van der Waals surface area (Å²) in [5, 5.41) is 12.3. The smallest absolute Gasteiger partial charge is 0.356 e. The van der Waals surface area contributed by atoms with Gasteiger partial charge in [0.15, 0.2) is 5.69 Å². The first-order valence-corrected chi connectivity index (χ1v) is 4.82. The van der Waals surface area contributed by atoms with Gasteiger partial charge in [-0.1, -0.05) is 18.2 Å². The number of hydrogen-bond acceptors (Lipinski definition) is 3. The molecule has 6 nitrogen and oxygen atoms in total. The molecule has 0 aliphatic carbocycles. The van der Waals surface area contributed by atoms with Crippen LogP contribution in [0.4, 0.5) is 0 Å². The van der Waals surface area contributed by atoms with E-state index < -0.39 is 5.97 Å². The zero-order valence-corrected chi connectivity index (χ0v) is 8.70. The molecule has 17 heavy (non-hydrogen) atoms. The lowest BCUT2D eigenvalue weighted by atomic mass is 10.2. The Morgan fingerprint density at radius 3 is 2.47 bits per heavy atom. The lowest BCUT2D eigenvalue weighted by Gasteiger charge is -2.03. The molecular weight excluding hydrogens is 222 g/mol. The zero-order chi connectivity index (χ0) is 12.3. The van der Waals surface area contributed by atoms with Gasteiger partial charge in [0.1, 0.15) is 0 Å². The molecule has 0 atom stereocenters. The summed E-state index contributed by atoms with van der Waals surface area (Å²) in [5.41, 5.74) is 2.78. The lowest BCUT2D eigenvalue weighted by Crippen LogP contribution is -2.23. The van der Waals surface area contributed by atoms with Gasteiger partial charge in [-0.25, -0.2) is 10.2 Å². The van der Waals surface area contributed by atoms with E-state index in [1.165, 1.54) is 12.3 Å². The van der Waals surface area contributed by atoms with Crippen molar-refractivity contribution >= 4 is 11.9 Å². The molecule has 0 aliphatic heterocycles. The maximum absolute atomic E-state index is 11.7. The van der Waals surface area contributed by atoms with E-state index in [1.54, 1.807) is 30.3 Å². The number of nitrogens with one attached hydrogen (secondary N) is 1. The van der Waals surface area contributed by atoms with E-state index in [-0.39, 0.29) is 11.6 Å². The molecule has 2 N–H and O–H groups in total. The number of carboxylic acid groups (broad SMARTS) is 1. The van der Waals surface area contributed by atoms with Crippen LogP contribution < -0.4 is 5.43 Å². The normalized spacial score (nSPS) is 9.88. The molecule has 0 radical (unpaired) electrons. The molecule has 1 heterocycles. The van der Waals surface area contributed by atoms with E-state index >= 15 is 0 Å². The van der Waals surface area contributed by atoms with Gasteiger partial charge >= 0.3 is 5.97 Å². The molecule has 2 rings (SSSR count). The topological polar surface area (TPSA) is 84.2 Å². The third-order valence-electron chi connectivity index (χ3n) is 2.06. The standard InChI is InChI=1S/C11H9N3O3/c15-10(8-4-2-1-3-5-8)13-14-7-6-9(12-14)11(16)17/h1-7H,(H,13,15)(H,16,17). The van der Waals surface area contributed by atoms with Gasteiger partial charge in [0, 0.05) is 11.8 Å². The van der Waals surface area contributed by atoms with Gasteiger partial charge in [-0.05, 0) is 18.2 Å². The molecule has 6 heteroatoms. The van der Waals surface area contributed by atoms with E-state index in [2.05, 4.69) is 10.5 Å². The van der Waals surface area contributed by atoms with Gasteiger partial charge in [-0.2, -0.15) is 4.79 Å². The van der Waals surface area contributed by atoms with Crippen LogP contribution >= 0.6 is 0 Å². The lowest BCUT2D eigenvalue weighted by molar-refractivity contribution is 0.0689. The van der Waals surface area contributed by atoms with E-state index in [4.69, 9.17) is 5.11 Å². The highest BCUT2D eigenvalue weighted by molar-refractivity contribution is 5.99. The number of amides is 1. The van der Waals surface area contributed by atoms with Crippen LogP contribution in [0.1, 0.15) is 20.8 Å². The van der Waals surface area contributed by atoms with Crippen molar-refractivity contribution in [2.75, 3.05) is 5.43 Å². The molecule has 86 valence electrons. The van der Waals surface area contributed by atoms with Crippen molar-refractivity contribution in [3.63, 3.8) is 0 Å². The van der Waals surface area contributed by atoms with Crippen LogP contribution in [0.15, 0.2) is 42.6 Å². The molecular formula is C11H9N3O3. The SMILES string of the molecule is O=C(Nn1ccc(C(=O)O)n1)c1ccccc1. The summed E-state index contributed by atoms with van der Waals surface area (Å²) in [5.74, 6) is -1.50. The summed E-state index contributed by atoms with van der Waals surface area (Å²) in [7, 11) is 0. The number of carboxylic acids is 1. The van der Waals surface area contributed by atoms with Crippen molar-refractivity contribution in [3.05, 3.63) is 53.9 Å². The van der Waals surface area contributed by atoms with Gasteiger partial charge in [-0.3, -0.25) is 4.79 Å². The number of hydrogen-bond donors (Lipinski definition) is 2. The van der Waals surface area contributed by atoms with Crippen LogP contribution in [0.3, 0.4) is 0 Å². The molecule has 0 saturated carbocycles. The quantitative estimate of drug-likeness (QED) is 0.824. The molecule has 1 aromatic heterocycles. The van der Waals surface area contributed by atoms with Crippen LogP contribution in [0.25, 0.3) is 0 Å². The van der Waals surface area contributed by atoms with E-state index in [0.29, 0.717) is 5.56 Å². The monoisotopic (exact) mass is 231 g/mol. The molecule has 0 bridgehead atoms. The largest absolute Gasteiger partial charge is 0.476 e. The summed E-state index contributed by atoms with van der Waals surface area (Å²) in [6.07, 6.45) is 1.37.